The summed E-state index contributed by atoms with van der Waals surface area (Å²) in [7, 11) is 0. The van der Waals surface area contributed by atoms with Gasteiger partial charge in [0, 0.05) is 31.5 Å². The Hall–Kier alpha value is -2.39. The van der Waals surface area contributed by atoms with Crippen LogP contribution in [0.1, 0.15) is 63.0 Å². The van der Waals surface area contributed by atoms with Gasteiger partial charge in [-0.05, 0) is 55.1 Å². The molecule has 2 saturated heterocycles. The first-order valence-electron chi connectivity index (χ1n) is 11.8. The molecule has 2 bridgehead atoms. The molecular formula is C25H34N4O2. The Morgan fingerprint density at radius 3 is 2.42 bits per heavy atom. The third kappa shape index (κ3) is 4.93. The molecule has 4 atom stereocenters. The quantitative estimate of drug-likeness (QED) is 0.738. The van der Waals surface area contributed by atoms with E-state index in [2.05, 4.69) is 41.0 Å². The lowest BCUT2D eigenvalue weighted by atomic mass is 9.88. The smallest absolute Gasteiger partial charge is 0.238 e. The molecular weight excluding hydrogens is 388 g/mol. The van der Waals surface area contributed by atoms with Gasteiger partial charge >= 0.3 is 0 Å². The second-order valence-corrected chi connectivity index (χ2v) is 9.80. The van der Waals surface area contributed by atoms with Crippen LogP contribution in [0.5, 0.6) is 0 Å². The highest BCUT2D eigenvalue weighted by Gasteiger charge is 2.43. The molecule has 6 heteroatoms. The number of rotatable bonds is 6. The molecule has 0 unspecified atom stereocenters. The third-order valence-electron chi connectivity index (χ3n) is 7.31. The van der Waals surface area contributed by atoms with Crippen LogP contribution in [-0.4, -0.2) is 47.9 Å². The summed E-state index contributed by atoms with van der Waals surface area (Å²) in [5.74, 6) is 1.17. The molecule has 1 saturated carbocycles. The molecule has 3 fully saturated rings. The van der Waals surface area contributed by atoms with E-state index in [1.165, 1.54) is 5.56 Å². The summed E-state index contributed by atoms with van der Waals surface area (Å²) >= 11 is 0. The Morgan fingerprint density at radius 2 is 1.87 bits per heavy atom. The van der Waals surface area contributed by atoms with Crippen LogP contribution < -0.4 is 10.6 Å². The van der Waals surface area contributed by atoms with Gasteiger partial charge in [0.1, 0.15) is 6.04 Å². The van der Waals surface area contributed by atoms with Crippen molar-refractivity contribution in [3.63, 3.8) is 0 Å². The molecule has 1 aromatic carbocycles. The Balaban J connectivity index is 1.28. The minimum Gasteiger partial charge on any atom is -0.342 e. The minimum atomic E-state index is -0.510. The van der Waals surface area contributed by atoms with Crippen LogP contribution in [0.3, 0.4) is 0 Å². The van der Waals surface area contributed by atoms with E-state index in [1.807, 2.05) is 18.7 Å². The second-order valence-electron chi connectivity index (χ2n) is 9.80. The first kappa shape index (κ1) is 21.8. The molecule has 0 radical (unpaired) electrons. The van der Waals surface area contributed by atoms with Gasteiger partial charge in [-0.1, -0.05) is 38.1 Å². The van der Waals surface area contributed by atoms with E-state index in [9.17, 15) is 14.9 Å². The summed E-state index contributed by atoms with van der Waals surface area (Å²) in [6, 6.07) is 10.5. The number of fused-ring (bicyclic) bond motifs is 2. The molecule has 2 heterocycles. The zero-order valence-corrected chi connectivity index (χ0v) is 18.6. The number of nitriles is 1. The number of hydrogen-bond donors (Lipinski definition) is 2. The molecule has 0 spiro atoms. The van der Waals surface area contributed by atoms with E-state index < -0.39 is 6.04 Å². The van der Waals surface area contributed by atoms with Crippen molar-refractivity contribution >= 4 is 11.8 Å². The fourth-order valence-electron chi connectivity index (χ4n) is 5.50. The Kier molecular flexibility index (Phi) is 6.62. The predicted molar refractivity (Wildman–Crippen MR) is 119 cm³/mol. The summed E-state index contributed by atoms with van der Waals surface area (Å²) in [5.41, 5.74) is 2.35. The predicted octanol–water partition coefficient (Wildman–Crippen LogP) is 2.74. The maximum atomic E-state index is 12.6. The fourth-order valence-corrected chi connectivity index (χ4v) is 5.50. The van der Waals surface area contributed by atoms with Gasteiger partial charge in [-0.3, -0.25) is 9.59 Å². The van der Waals surface area contributed by atoms with E-state index in [0.717, 1.165) is 50.8 Å². The normalized spacial score (nSPS) is 26.6. The van der Waals surface area contributed by atoms with Gasteiger partial charge < -0.3 is 15.5 Å². The van der Waals surface area contributed by atoms with Gasteiger partial charge in [0.2, 0.25) is 11.8 Å². The van der Waals surface area contributed by atoms with E-state index >= 15 is 0 Å². The SMILES string of the molecule is CC(C)C(=O)N1CCC(c2ccc(C[C@@H](C#N)NC(=O)[C@H]3N[C@@H]4CC[C@H]3C4)cc2)CC1. The van der Waals surface area contributed by atoms with Crippen LogP contribution in [-0.2, 0) is 16.0 Å². The number of piperidine rings is 2. The van der Waals surface area contributed by atoms with Gasteiger partial charge in [-0.2, -0.15) is 5.26 Å². The highest BCUT2D eigenvalue weighted by Crippen LogP contribution is 2.35. The Bertz CT molecular complexity index is 836. The van der Waals surface area contributed by atoms with Crippen LogP contribution in [0.25, 0.3) is 0 Å². The van der Waals surface area contributed by atoms with E-state index in [4.69, 9.17) is 0 Å². The van der Waals surface area contributed by atoms with Crippen molar-refractivity contribution in [1.29, 1.82) is 5.26 Å². The van der Waals surface area contributed by atoms with Crippen molar-refractivity contribution < 1.29 is 9.59 Å². The van der Waals surface area contributed by atoms with Crippen molar-refractivity contribution in [2.45, 2.75) is 76.4 Å². The topological polar surface area (TPSA) is 85.2 Å². The molecule has 1 aromatic rings. The van der Waals surface area contributed by atoms with Crippen LogP contribution >= 0.6 is 0 Å². The van der Waals surface area contributed by atoms with Crippen molar-refractivity contribution in [3.8, 4) is 6.07 Å². The number of benzene rings is 1. The third-order valence-corrected chi connectivity index (χ3v) is 7.31. The first-order valence-corrected chi connectivity index (χ1v) is 11.8. The molecule has 31 heavy (non-hydrogen) atoms. The van der Waals surface area contributed by atoms with Crippen molar-refractivity contribution in [3.05, 3.63) is 35.4 Å². The molecule has 3 aliphatic rings. The highest BCUT2D eigenvalue weighted by atomic mass is 16.2. The van der Waals surface area contributed by atoms with Crippen molar-refractivity contribution in [1.82, 2.24) is 15.5 Å². The molecule has 0 aromatic heterocycles. The zero-order valence-electron chi connectivity index (χ0n) is 18.6. The van der Waals surface area contributed by atoms with Crippen molar-refractivity contribution in [2.24, 2.45) is 11.8 Å². The Morgan fingerprint density at radius 1 is 1.16 bits per heavy atom. The Labute approximate surface area is 185 Å². The van der Waals surface area contributed by atoms with Gasteiger partial charge in [-0.25, -0.2) is 0 Å². The molecule has 2 N–H and O–H groups in total. The number of carbonyl (C=O) groups excluding carboxylic acids is 2. The van der Waals surface area contributed by atoms with Gasteiger partial charge in [0.15, 0.2) is 0 Å². The highest BCUT2D eigenvalue weighted by molar-refractivity contribution is 5.83. The summed E-state index contributed by atoms with van der Waals surface area (Å²) in [6.07, 6.45) is 5.86. The average Bonchev–Trinajstić information content (AvgIpc) is 3.42. The lowest BCUT2D eigenvalue weighted by molar-refractivity contribution is -0.135. The monoisotopic (exact) mass is 422 g/mol. The standard InChI is InChI=1S/C25H34N4O2/c1-16(2)25(31)29-11-9-19(10-12-29)18-5-3-17(4-6-18)13-22(15-26)28-24(30)23-20-7-8-21(14-20)27-23/h3-6,16,19-23,27H,7-14H2,1-2H3,(H,28,30)/t20-,21+,22-,23-/m0/s1. The number of nitrogens with one attached hydrogen (secondary N) is 2. The maximum Gasteiger partial charge on any atom is 0.238 e. The van der Waals surface area contributed by atoms with Gasteiger partial charge in [0.05, 0.1) is 12.1 Å². The second kappa shape index (κ2) is 9.40. The van der Waals surface area contributed by atoms with E-state index in [1.54, 1.807) is 0 Å². The maximum absolute atomic E-state index is 12.6. The van der Waals surface area contributed by atoms with Crippen LogP contribution in [0, 0.1) is 23.2 Å². The minimum absolute atomic E-state index is 0.0296. The number of likely N-dealkylation sites (tertiary alicyclic amines) is 1. The summed E-state index contributed by atoms with van der Waals surface area (Å²) in [5, 5.41) is 15.9. The molecule has 2 amide bonds. The van der Waals surface area contributed by atoms with E-state index in [0.29, 0.717) is 24.3 Å². The number of amides is 2. The van der Waals surface area contributed by atoms with Crippen molar-refractivity contribution in [2.75, 3.05) is 13.1 Å². The molecule has 6 nitrogen and oxygen atoms in total. The lowest BCUT2D eigenvalue weighted by Gasteiger charge is -2.33. The van der Waals surface area contributed by atoms with Gasteiger partial charge in [0.25, 0.3) is 0 Å². The number of carbonyl (C=O) groups is 2. The largest absolute Gasteiger partial charge is 0.342 e. The lowest BCUT2D eigenvalue weighted by Crippen LogP contribution is -2.50. The fraction of sp³-hybridized carbons (Fsp3) is 0.640. The van der Waals surface area contributed by atoms with Crippen LogP contribution in [0.2, 0.25) is 0 Å². The van der Waals surface area contributed by atoms with E-state index in [-0.39, 0.29) is 23.8 Å². The molecule has 1 aliphatic carbocycles. The molecule has 2 aliphatic heterocycles. The summed E-state index contributed by atoms with van der Waals surface area (Å²) in [4.78, 5) is 26.8. The molecule has 4 rings (SSSR count). The number of hydrogen-bond acceptors (Lipinski definition) is 4. The number of nitrogens with zero attached hydrogens (tertiary/aromatic N) is 2. The van der Waals surface area contributed by atoms with Crippen LogP contribution in [0.15, 0.2) is 24.3 Å². The first-order chi connectivity index (χ1) is 14.9. The molecule has 166 valence electrons. The summed E-state index contributed by atoms with van der Waals surface area (Å²) < 4.78 is 0. The zero-order chi connectivity index (χ0) is 22.0. The summed E-state index contributed by atoms with van der Waals surface area (Å²) in [6.45, 7) is 5.56. The van der Waals surface area contributed by atoms with Crippen LogP contribution in [0.4, 0.5) is 0 Å². The average molecular weight is 423 g/mol. The van der Waals surface area contributed by atoms with Gasteiger partial charge in [-0.15, -0.1) is 0 Å².